The van der Waals surface area contributed by atoms with Gasteiger partial charge in [0.15, 0.2) is 0 Å². The Bertz CT molecular complexity index is 483. The van der Waals surface area contributed by atoms with Crippen molar-refractivity contribution in [1.29, 1.82) is 0 Å². The highest BCUT2D eigenvalue weighted by atomic mass is 19.4. The van der Waals surface area contributed by atoms with Crippen LogP contribution in [0.15, 0.2) is 18.2 Å². The summed E-state index contributed by atoms with van der Waals surface area (Å²) in [6.07, 6.45) is -4.81. The van der Waals surface area contributed by atoms with Gasteiger partial charge in [0.2, 0.25) is 0 Å². The number of hydrogen-bond donors (Lipinski definition) is 2. The first-order valence-corrected chi connectivity index (χ1v) is 5.74. The zero-order valence-corrected chi connectivity index (χ0v) is 9.85. The molecule has 1 aliphatic heterocycles. The number of carbonyl (C=O) groups excluding carboxylic acids is 1. The second kappa shape index (κ2) is 5.16. The first-order valence-electron chi connectivity index (χ1n) is 5.74. The van der Waals surface area contributed by atoms with Crippen molar-refractivity contribution in [3.8, 4) is 0 Å². The molecule has 104 valence electrons. The number of rotatable bonds is 3. The van der Waals surface area contributed by atoms with E-state index in [9.17, 15) is 22.4 Å². The normalized spacial score (nSPS) is 16.0. The largest absolute Gasteiger partial charge is 0.419 e. The van der Waals surface area contributed by atoms with E-state index in [2.05, 4.69) is 10.6 Å². The maximum atomic E-state index is 13.6. The summed E-state index contributed by atoms with van der Waals surface area (Å²) >= 11 is 0. The van der Waals surface area contributed by atoms with Crippen LogP contribution < -0.4 is 10.6 Å². The summed E-state index contributed by atoms with van der Waals surface area (Å²) in [6.45, 7) is 1.80. The molecule has 1 heterocycles. The van der Waals surface area contributed by atoms with Crippen LogP contribution in [-0.4, -0.2) is 25.5 Å². The molecule has 1 saturated heterocycles. The van der Waals surface area contributed by atoms with Crippen LogP contribution in [0.3, 0.4) is 0 Å². The topological polar surface area (TPSA) is 41.1 Å². The molecule has 0 bridgehead atoms. The molecule has 0 saturated carbocycles. The highest BCUT2D eigenvalue weighted by Crippen LogP contribution is 2.32. The van der Waals surface area contributed by atoms with Gasteiger partial charge in [-0.25, -0.2) is 4.39 Å². The zero-order valence-electron chi connectivity index (χ0n) is 9.85. The fourth-order valence-electron chi connectivity index (χ4n) is 1.75. The second-order valence-electron chi connectivity index (χ2n) is 4.40. The molecule has 1 aromatic rings. The molecule has 1 amide bonds. The van der Waals surface area contributed by atoms with Crippen molar-refractivity contribution in [2.75, 3.05) is 19.6 Å². The van der Waals surface area contributed by atoms with Crippen LogP contribution in [0.1, 0.15) is 15.9 Å². The minimum atomic E-state index is -4.81. The lowest BCUT2D eigenvalue weighted by atomic mass is 10.0. The van der Waals surface area contributed by atoms with Gasteiger partial charge in [0.25, 0.3) is 5.91 Å². The SMILES string of the molecule is O=C(NCC1CNC1)c1cccc(C(F)(F)F)c1F. The summed E-state index contributed by atoms with van der Waals surface area (Å²) in [5.74, 6) is -2.10. The van der Waals surface area contributed by atoms with E-state index in [1.54, 1.807) is 0 Å². The third kappa shape index (κ3) is 3.04. The number of carbonyl (C=O) groups is 1. The van der Waals surface area contributed by atoms with Gasteiger partial charge in [0.05, 0.1) is 11.1 Å². The third-order valence-electron chi connectivity index (χ3n) is 2.97. The van der Waals surface area contributed by atoms with Crippen LogP contribution in [0, 0.1) is 11.7 Å². The molecule has 2 N–H and O–H groups in total. The summed E-state index contributed by atoms with van der Waals surface area (Å²) in [5.41, 5.74) is -2.01. The predicted molar refractivity (Wildman–Crippen MR) is 60.1 cm³/mol. The summed E-state index contributed by atoms with van der Waals surface area (Å²) in [7, 11) is 0. The number of benzene rings is 1. The summed E-state index contributed by atoms with van der Waals surface area (Å²) in [6, 6.07) is 2.67. The lowest BCUT2D eigenvalue weighted by Crippen LogP contribution is -2.48. The summed E-state index contributed by atoms with van der Waals surface area (Å²) < 4.78 is 51.1. The molecular formula is C12H12F4N2O. The lowest BCUT2D eigenvalue weighted by molar-refractivity contribution is -0.140. The van der Waals surface area contributed by atoms with Crippen molar-refractivity contribution < 1.29 is 22.4 Å². The Kier molecular flexibility index (Phi) is 3.75. The second-order valence-corrected chi connectivity index (χ2v) is 4.40. The Hall–Kier alpha value is -1.63. The van der Waals surface area contributed by atoms with E-state index in [4.69, 9.17) is 0 Å². The molecule has 1 aliphatic rings. The molecule has 2 rings (SSSR count). The van der Waals surface area contributed by atoms with Crippen molar-refractivity contribution in [3.63, 3.8) is 0 Å². The molecule has 7 heteroatoms. The van der Waals surface area contributed by atoms with E-state index in [0.29, 0.717) is 12.6 Å². The van der Waals surface area contributed by atoms with Crippen molar-refractivity contribution in [2.45, 2.75) is 6.18 Å². The highest BCUT2D eigenvalue weighted by Gasteiger charge is 2.35. The number of nitrogens with one attached hydrogen (secondary N) is 2. The molecule has 1 fully saturated rings. The van der Waals surface area contributed by atoms with Crippen LogP contribution in [0.25, 0.3) is 0 Å². The monoisotopic (exact) mass is 276 g/mol. The fourth-order valence-corrected chi connectivity index (χ4v) is 1.75. The summed E-state index contributed by atoms with van der Waals surface area (Å²) in [4.78, 5) is 11.7. The van der Waals surface area contributed by atoms with Crippen molar-refractivity contribution >= 4 is 5.91 Å². The predicted octanol–water partition coefficient (Wildman–Crippen LogP) is 1.79. The van der Waals surface area contributed by atoms with E-state index < -0.39 is 29.0 Å². The van der Waals surface area contributed by atoms with Crippen molar-refractivity contribution in [2.24, 2.45) is 5.92 Å². The minimum Gasteiger partial charge on any atom is -0.352 e. The molecule has 3 nitrogen and oxygen atoms in total. The maximum absolute atomic E-state index is 13.6. The van der Waals surface area contributed by atoms with Crippen LogP contribution >= 0.6 is 0 Å². The average Bonchev–Trinajstić information content (AvgIpc) is 2.25. The molecule has 0 radical (unpaired) electrons. The van der Waals surface area contributed by atoms with Gasteiger partial charge >= 0.3 is 6.18 Å². The number of alkyl halides is 3. The summed E-state index contributed by atoms with van der Waals surface area (Å²) in [5, 5.41) is 5.43. The third-order valence-corrected chi connectivity index (χ3v) is 2.97. The number of amides is 1. The molecule has 0 aliphatic carbocycles. The zero-order chi connectivity index (χ0) is 14.0. The van der Waals surface area contributed by atoms with Crippen LogP contribution in [0.5, 0.6) is 0 Å². The van der Waals surface area contributed by atoms with E-state index in [1.165, 1.54) is 0 Å². The van der Waals surface area contributed by atoms with Gasteiger partial charge in [-0.3, -0.25) is 4.79 Å². The standard InChI is InChI=1S/C12H12F4N2O/c13-10-8(2-1-3-9(10)12(14,15)16)11(19)18-6-7-4-17-5-7/h1-3,7,17H,4-6H2,(H,18,19). The van der Waals surface area contributed by atoms with Crippen molar-refractivity contribution in [1.82, 2.24) is 10.6 Å². The van der Waals surface area contributed by atoms with E-state index in [1.807, 2.05) is 0 Å². The van der Waals surface area contributed by atoms with Gasteiger partial charge in [-0.1, -0.05) is 6.07 Å². The molecule has 0 unspecified atom stereocenters. The van der Waals surface area contributed by atoms with Gasteiger partial charge in [0, 0.05) is 25.6 Å². The number of hydrogen-bond acceptors (Lipinski definition) is 2. The molecular weight excluding hydrogens is 264 g/mol. The molecule has 1 aromatic carbocycles. The average molecular weight is 276 g/mol. The molecule has 0 spiro atoms. The van der Waals surface area contributed by atoms with E-state index >= 15 is 0 Å². The highest BCUT2D eigenvalue weighted by molar-refractivity contribution is 5.94. The van der Waals surface area contributed by atoms with E-state index in [-0.39, 0.29) is 5.92 Å². The molecule has 0 atom stereocenters. The van der Waals surface area contributed by atoms with Gasteiger partial charge in [-0.15, -0.1) is 0 Å². The van der Waals surface area contributed by atoms with Crippen LogP contribution in [0.2, 0.25) is 0 Å². The molecule has 0 aromatic heterocycles. The minimum absolute atomic E-state index is 0.248. The van der Waals surface area contributed by atoms with Crippen LogP contribution in [-0.2, 0) is 6.18 Å². The fraction of sp³-hybridized carbons (Fsp3) is 0.417. The Balaban J connectivity index is 2.12. The first kappa shape index (κ1) is 13.8. The number of halogens is 4. The van der Waals surface area contributed by atoms with Crippen LogP contribution in [0.4, 0.5) is 17.6 Å². The Morgan fingerprint density at radius 3 is 2.58 bits per heavy atom. The van der Waals surface area contributed by atoms with Gasteiger partial charge < -0.3 is 10.6 Å². The van der Waals surface area contributed by atoms with E-state index in [0.717, 1.165) is 25.2 Å². The smallest absolute Gasteiger partial charge is 0.352 e. The maximum Gasteiger partial charge on any atom is 0.419 e. The van der Waals surface area contributed by atoms with Crippen molar-refractivity contribution in [3.05, 3.63) is 35.1 Å². The quantitative estimate of drug-likeness (QED) is 0.826. The van der Waals surface area contributed by atoms with Gasteiger partial charge in [0.1, 0.15) is 5.82 Å². The van der Waals surface area contributed by atoms with Gasteiger partial charge in [-0.05, 0) is 12.1 Å². The Morgan fingerprint density at radius 1 is 1.37 bits per heavy atom. The lowest BCUT2D eigenvalue weighted by Gasteiger charge is -2.27. The Labute approximate surface area is 107 Å². The first-order chi connectivity index (χ1) is 8.89. The Morgan fingerprint density at radius 2 is 2.05 bits per heavy atom. The molecule has 19 heavy (non-hydrogen) atoms. The van der Waals surface area contributed by atoms with Gasteiger partial charge in [-0.2, -0.15) is 13.2 Å².